The third-order valence-corrected chi connectivity index (χ3v) is 10.3. The van der Waals surface area contributed by atoms with Gasteiger partial charge in [0.05, 0.1) is 17.7 Å². The Balaban J connectivity index is 1.57. The molecule has 0 bridgehead atoms. The lowest BCUT2D eigenvalue weighted by Gasteiger charge is -2.34. The van der Waals surface area contributed by atoms with Crippen molar-refractivity contribution >= 4 is 27.5 Å². The van der Waals surface area contributed by atoms with E-state index in [0.29, 0.717) is 5.75 Å². The third-order valence-electron chi connectivity index (χ3n) is 8.52. The minimum atomic E-state index is -4.25. The number of methoxy groups -OCH3 is 1. The van der Waals surface area contributed by atoms with Crippen molar-refractivity contribution in [1.82, 2.24) is 10.2 Å². The topological polar surface area (TPSA) is 96.0 Å². The number of hydrogen-bond donors (Lipinski definition) is 1. The zero-order chi connectivity index (χ0) is 33.4. The summed E-state index contributed by atoms with van der Waals surface area (Å²) in [4.78, 5) is 29.9. The molecule has 4 aromatic rings. The first-order valence-electron chi connectivity index (χ1n) is 15.8. The first kappa shape index (κ1) is 33.7. The van der Waals surface area contributed by atoms with Crippen LogP contribution in [0.1, 0.15) is 42.4 Å². The number of ether oxygens (including phenoxy) is 1. The Hall–Kier alpha value is -4.70. The Kier molecular flexibility index (Phi) is 10.9. The second-order valence-corrected chi connectivity index (χ2v) is 13.7. The molecular weight excluding hydrogens is 617 g/mol. The summed E-state index contributed by atoms with van der Waals surface area (Å²) in [6.45, 7) is 0.992. The molecule has 10 heteroatoms. The number of amides is 2. The molecule has 1 N–H and O–H groups in total. The van der Waals surface area contributed by atoms with E-state index in [1.54, 1.807) is 54.6 Å². The number of carbonyl (C=O) groups is 2. The quantitative estimate of drug-likeness (QED) is 0.189. The highest BCUT2D eigenvalue weighted by atomic mass is 32.2. The molecule has 246 valence electrons. The smallest absolute Gasteiger partial charge is 0.264 e. The molecule has 47 heavy (non-hydrogen) atoms. The van der Waals surface area contributed by atoms with Crippen LogP contribution in [0.5, 0.6) is 5.75 Å². The van der Waals surface area contributed by atoms with Crippen LogP contribution >= 0.6 is 0 Å². The summed E-state index contributed by atoms with van der Waals surface area (Å²) in [6.07, 6.45) is 3.84. The van der Waals surface area contributed by atoms with Gasteiger partial charge >= 0.3 is 0 Å². The molecule has 0 heterocycles. The number of sulfonamides is 1. The molecule has 8 nitrogen and oxygen atoms in total. The average Bonchev–Trinajstić information content (AvgIpc) is 3.59. The van der Waals surface area contributed by atoms with Crippen LogP contribution in [-0.4, -0.2) is 50.9 Å². The van der Waals surface area contributed by atoms with Crippen LogP contribution in [0, 0.1) is 12.7 Å². The molecule has 0 saturated heterocycles. The summed E-state index contributed by atoms with van der Waals surface area (Å²) >= 11 is 0. The van der Waals surface area contributed by atoms with Gasteiger partial charge in [0.1, 0.15) is 24.2 Å². The number of carbonyl (C=O) groups excluding carboxylic acids is 2. The van der Waals surface area contributed by atoms with Crippen LogP contribution in [0.4, 0.5) is 10.1 Å². The van der Waals surface area contributed by atoms with Gasteiger partial charge in [0.2, 0.25) is 11.8 Å². The normalized spacial score (nSPS) is 13.9. The van der Waals surface area contributed by atoms with E-state index in [0.717, 1.165) is 41.1 Å². The predicted molar refractivity (Wildman–Crippen MR) is 180 cm³/mol. The van der Waals surface area contributed by atoms with Crippen molar-refractivity contribution in [2.75, 3.05) is 18.0 Å². The van der Waals surface area contributed by atoms with Gasteiger partial charge in [0.15, 0.2) is 0 Å². The number of hydrogen-bond acceptors (Lipinski definition) is 5. The minimum Gasteiger partial charge on any atom is -0.497 e. The summed E-state index contributed by atoms with van der Waals surface area (Å²) in [7, 11) is -2.75. The Labute approximate surface area is 276 Å². The van der Waals surface area contributed by atoms with Crippen LogP contribution in [0.25, 0.3) is 0 Å². The lowest BCUT2D eigenvalue weighted by molar-refractivity contribution is -0.140. The van der Waals surface area contributed by atoms with Crippen molar-refractivity contribution in [1.29, 1.82) is 0 Å². The summed E-state index contributed by atoms with van der Waals surface area (Å²) in [5, 5.41) is 3.12. The molecule has 0 aromatic heterocycles. The van der Waals surface area contributed by atoms with Crippen LogP contribution in [-0.2, 0) is 32.6 Å². The van der Waals surface area contributed by atoms with Gasteiger partial charge in [-0.3, -0.25) is 13.9 Å². The van der Waals surface area contributed by atoms with Crippen molar-refractivity contribution in [2.24, 2.45) is 0 Å². The number of nitrogens with one attached hydrogen (secondary N) is 1. The van der Waals surface area contributed by atoms with E-state index in [2.05, 4.69) is 5.32 Å². The number of benzene rings is 4. The fourth-order valence-electron chi connectivity index (χ4n) is 5.85. The monoisotopic (exact) mass is 657 g/mol. The fourth-order valence-corrected chi connectivity index (χ4v) is 7.26. The largest absolute Gasteiger partial charge is 0.497 e. The van der Waals surface area contributed by atoms with Gasteiger partial charge in [0, 0.05) is 24.6 Å². The standard InChI is InChI=1S/C37H40FN3O5S/c1-27-16-22-33(23-17-27)47(44,45)41(31-18-20-32(46-2)21-19-31)26-36(42)40(25-29-12-6-9-15-34(29)38)35(24-28-10-4-3-5-11-28)37(43)39-30-13-7-8-14-30/h3-6,9-12,15-23,30,35H,7-8,13-14,24-26H2,1-2H3,(H,39,43)/t35-/m1/s1. The van der Waals surface area contributed by atoms with Crippen molar-refractivity contribution in [2.45, 2.75) is 62.6 Å². The molecule has 1 fully saturated rings. The van der Waals surface area contributed by atoms with Crippen molar-refractivity contribution < 1.29 is 27.1 Å². The zero-order valence-corrected chi connectivity index (χ0v) is 27.5. The van der Waals surface area contributed by atoms with Crippen molar-refractivity contribution in [3.63, 3.8) is 0 Å². The Morgan fingerprint density at radius 2 is 1.53 bits per heavy atom. The molecule has 1 saturated carbocycles. The highest BCUT2D eigenvalue weighted by molar-refractivity contribution is 7.92. The average molecular weight is 658 g/mol. The predicted octanol–water partition coefficient (Wildman–Crippen LogP) is 6.04. The Bertz CT molecular complexity index is 1760. The number of halogens is 1. The molecule has 0 unspecified atom stereocenters. The second-order valence-electron chi connectivity index (χ2n) is 11.8. The molecule has 1 atom stereocenters. The first-order chi connectivity index (χ1) is 22.7. The molecule has 2 amide bonds. The number of nitrogens with zero attached hydrogens (tertiary/aromatic N) is 2. The van der Waals surface area contributed by atoms with Crippen molar-refractivity contribution in [3.05, 3.63) is 126 Å². The Morgan fingerprint density at radius 1 is 0.894 bits per heavy atom. The van der Waals surface area contributed by atoms with Crippen molar-refractivity contribution in [3.8, 4) is 5.75 Å². The van der Waals surface area contributed by atoms with Gasteiger partial charge in [-0.2, -0.15) is 0 Å². The van der Waals surface area contributed by atoms with Crippen LogP contribution in [0.2, 0.25) is 0 Å². The highest BCUT2D eigenvalue weighted by Gasteiger charge is 2.36. The maximum absolute atomic E-state index is 15.1. The fraction of sp³-hybridized carbons (Fsp3) is 0.297. The van der Waals surface area contributed by atoms with Gasteiger partial charge in [-0.05, 0) is 67.8 Å². The lowest BCUT2D eigenvalue weighted by Crippen LogP contribution is -2.54. The van der Waals surface area contributed by atoms with Gasteiger partial charge in [-0.15, -0.1) is 0 Å². The molecule has 0 aliphatic heterocycles. The Morgan fingerprint density at radius 3 is 2.17 bits per heavy atom. The first-order valence-corrected chi connectivity index (χ1v) is 17.2. The SMILES string of the molecule is COc1ccc(N(CC(=O)N(Cc2ccccc2F)[C@H](Cc2ccccc2)C(=O)NC2CCCC2)S(=O)(=O)c2ccc(C)cc2)cc1. The van der Waals surface area contributed by atoms with Crippen LogP contribution < -0.4 is 14.4 Å². The van der Waals surface area contributed by atoms with Gasteiger partial charge in [0.25, 0.3) is 10.0 Å². The highest BCUT2D eigenvalue weighted by Crippen LogP contribution is 2.28. The van der Waals surface area contributed by atoms with E-state index < -0.39 is 34.3 Å². The molecule has 1 aliphatic carbocycles. The van der Waals surface area contributed by atoms with E-state index in [4.69, 9.17) is 4.74 Å². The second kappa shape index (κ2) is 15.3. The number of aryl methyl sites for hydroxylation is 1. The minimum absolute atomic E-state index is 0.00665. The van der Waals surface area contributed by atoms with Gasteiger partial charge in [-0.25, -0.2) is 12.8 Å². The molecular formula is C37H40FN3O5S. The number of anilines is 1. The number of rotatable bonds is 13. The lowest BCUT2D eigenvalue weighted by atomic mass is 10.0. The van der Waals surface area contributed by atoms with Gasteiger partial charge < -0.3 is 15.0 Å². The summed E-state index contributed by atoms with van der Waals surface area (Å²) < 4.78 is 49.8. The van der Waals surface area contributed by atoms with Crippen LogP contribution in [0.15, 0.2) is 108 Å². The molecule has 1 aliphatic rings. The maximum Gasteiger partial charge on any atom is 0.264 e. The third kappa shape index (κ3) is 8.37. The van der Waals surface area contributed by atoms with Gasteiger partial charge in [-0.1, -0.05) is 79.1 Å². The molecule has 0 radical (unpaired) electrons. The molecule has 0 spiro atoms. The molecule has 4 aromatic carbocycles. The van der Waals surface area contributed by atoms with Crippen LogP contribution in [0.3, 0.4) is 0 Å². The summed E-state index contributed by atoms with van der Waals surface area (Å²) in [5.41, 5.74) is 2.14. The zero-order valence-electron chi connectivity index (χ0n) is 26.6. The van der Waals surface area contributed by atoms with E-state index >= 15 is 4.39 Å². The maximum atomic E-state index is 15.1. The summed E-state index contributed by atoms with van der Waals surface area (Å²) in [6, 6.07) is 27.0. The van der Waals surface area contributed by atoms with E-state index in [1.807, 2.05) is 37.3 Å². The van der Waals surface area contributed by atoms with E-state index in [1.165, 1.54) is 30.2 Å². The van der Waals surface area contributed by atoms with E-state index in [9.17, 15) is 18.0 Å². The van der Waals surface area contributed by atoms with E-state index in [-0.39, 0.29) is 41.1 Å². The summed E-state index contributed by atoms with van der Waals surface area (Å²) in [5.74, 6) is -1.02. The molecule has 5 rings (SSSR count).